The summed E-state index contributed by atoms with van der Waals surface area (Å²) in [6.45, 7) is 0.383. The Hall–Kier alpha value is -2.72. The highest BCUT2D eigenvalue weighted by Gasteiger charge is 2.30. The maximum atomic E-state index is 12.7. The predicted octanol–water partition coefficient (Wildman–Crippen LogP) is 4.62. The molecule has 1 fully saturated rings. The van der Waals surface area contributed by atoms with Gasteiger partial charge in [-0.15, -0.1) is 11.8 Å². The molecule has 8 nitrogen and oxygen atoms in total. The minimum absolute atomic E-state index is 0.225. The van der Waals surface area contributed by atoms with Crippen molar-refractivity contribution in [3.05, 3.63) is 68.7 Å². The Bertz CT molecular complexity index is 1250. The molecule has 38 heavy (non-hydrogen) atoms. The van der Waals surface area contributed by atoms with Crippen molar-refractivity contribution in [3.63, 3.8) is 0 Å². The molecule has 3 N–H and O–H groups in total. The number of hydrogen-bond acceptors (Lipinski definition) is 5. The first-order chi connectivity index (χ1) is 18.1. The average Bonchev–Trinajstić information content (AvgIpc) is 2.91. The van der Waals surface area contributed by atoms with Gasteiger partial charge in [-0.2, -0.15) is 0 Å². The fraction of sp³-hybridized carbons (Fsp3) is 0.308. The van der Waals surface area contributed by atoms with Crippen LogP contribution in [0.5, 0.6) is 0 Å². The molecule has 0 aromatic heterocycles. The van der Waals surface area contributed by atoms with Crippen LogP contribution in [-0.4, -0.2) is 65.6 Å². The van der Waals surface area contributed by atoms with Crippen LogP contribution >= 0.6 is 46.6 Å². The molecular weight excluding hydrogens is 573 g/mol. The minimum atomic E-state index is -1.30. The number of halogens is 3. The van der Waals surface area contributed by atoms with E-state index < -0.39 is 29.7 Å². The Morgan fingerprint density at radius 2 is 1.82 bits per heavy atom. The van der Waals surface area contributed by atoms with Crippen molar-refractivity contribution in [2.45, 2.75) is 23.8 Å². The lowest BCUT2D eigenvalue weighted by Crippen LogP contribution is -2.51. The van der Waals surface area contributed by atoms with E-state index in [-0.39, 0.29) is 18.0 Å². The number of carbonyl (C=O) groups excluding carboxylic acids is 3. The molecule has 0 spiro atoms. The van der Waals surface area contributed by atoms with E-state index in [0.29, 0.717) is 46.6 Å². The molecule has 2 aromatic rings. The summed E-state index contributed by atoms with van der Waals surface area (Å²) >= 11 is 19.9. The Labute approximate surface area is 239 Å². The fourth-order valence-corrected chi connectivity index (χ4v) is 5.24. The van der Waals surface area contributed by atoms with Gasteiger partial charge >= 0.3 is 5.97 Å². The van der Waals surface area contributed by atoms with Gasteiger partial charge in [-0.3, -0.25) is 14.4 Å². The fourth-order valence-electron chi connectivity index (χ4n) is 3.88. The third-order valence-corrected chi connectivity index (χ3v) is 8.07. The Balaban J connectivity index is 1.50. The topological polar surface area (TPSA) is 116 Å². The molecule has 2 aromatic carbocycles. The standard InChI is InChI=1S/C26H26Cl3N3O5S/c1-38-20-7-5-15(22(28)23(20)29)6-8-21(33)32-11-9-16(10-12-32)25(35)31-19(26(36)37)14-30-24(34)17-3-2-4-18(27)13-17/h2-8,13,16,19H,9-12,14H2,1H3,(H,30,34)(H,31,35)(H,36,37). The van der Waals surface area contributed by atoms with Gasteiger partial charge in [0.25, 0.3) is 5.91 Å². The second-order valence-corrected chi connectivity index (χ2v) is 10.6. The van der Waals surface area contributed by atoms with Crippen molar-refractivity contribution in [2.24, 2.45) is 5.92 Å². The largest absolute Gasteiger partial charge is 0.480 e. The second kappa shape index (κ2) is 13.9. The Morgan fingerprint density at radius 1 is 1.11 bits per heavy atom. The van der Waals surface area contributed by atoms with Gasteiger partial charge in [0.05, 0.1) is 10.0 Å². The number of aliphatic carboxylic acids is 1. The van der Waals surface area contributed by atoms with Gasteiger partial charge in [-0.25, -0.2) is 4.79 Å². The highest BCUT2D eigenvalue weighted by molar-refractivity contribution is 7.98. The number of benzene rings is 2. The Kier molecular flexibility index (Phi) is 10.9. The first kappa shape index (κ1) is 29.8. The summed E-state index contributed by atoms with van der Waals surface area (Å²) in [5, 5.41) is 15.7. The predicted molar refractivity (Wildman–Crippen MR) is 150 cm³/mol. The lowest BCUT2D eigenvalue weighted by molar-refractivity contribution is -0.142. The first-order valence-electron chi connectivity index (χ1n) is 11.7. The number of hydrogen-bond donors (Lipinski definition) is 3. The number of carbonyl (C=O) groups is 4. The van der Waals surface area contributed by atoms with Gasteiger partial charge < -0.3 is 20.6 Å². The van der Waals surface area contributed by atoms with E-state index in [0.717, 1.165) is 4.90 Å². The minimum Gasteiger partial charge on any atom is -0.480 e. The maximum Gasteiger partial charge on any atom is 0.328 e. The van der Waals surface area contributed by atoms with E-state index in [2.05, 4.69) is 10.6 Å². The van der Waals surface area contributed by atoms with Crippen molar-refractivity contribution >= 4 is 76.3 Å². The zero-order valence-corrected chi connectivity index (χ0v) is 23.5. The zero-order chi connectivity index (χ0) is 27.8. The SMILES string of the molecule is CSc1ccc(C=CC(=O)N2CCC(C(=O)NC(CNC(=O)c3cccc(Cl)c3)C(=O)O)CC2)c(Cl)c1Cl. The molecule has 0 bridgehead atoms. The van der Waals surface area contributed by atoms with Gasteiger partial charge in [0, 0.05) is 47.1 Å². The molecule has 1 atom stereocenters. The second-order valence-electron chi connectivity index (χ2n) is 8.54. The number of rotatable bonds is 9. The normalized spacial score (nSPS) is 14.8. The first-order valence-corrected chi connectivity index (χ1v) is 14.0. The molecule has 1 aliphatic rings. The van der Waals surface area contributed by atoms with Crippen molar-refractivity contribution in [2.75, 3.05) is 25.9 Å². The van der Waals surface area contributed by atoms with Crippen LogP contribution in [0.2, 0.25) is 15.1 Å². The van der Waals surface area contributed by atoms with Gasteiger partial charge in [-0.05, 0) is 55.0 Å². The molecule has 1 heterocycles. The van der Waals surface area contributed by atoms with Crippen LogP contribution in [0.25, 0.3) is 6.08 Å². The number of likely N-dealkylation sites (tertiary alicyclic amines) is 1. The summed E-state index contributed by atoms with van der Waals surface area (Å²) < 4.78 is 0. The number of nitrogens with zero attached hydrogens (tertiary/aromatic N) is 1. The van der Waals surface area contributed by atoms with Gasteiger partial charge in [0.15, 0.2) is 0 Å². The van der Waals surface area contributed by atoms with Crippen molar-refractivity contribution < 1.29 is 24.3 Å². The average molecular weight is 599 g/mol. The van der Waals surface area contributed by atoms with Crippen LogP contribution in [-0.2, 0) is 14.4 Å². The van der Waals surface area contributed by atoms with E-state index >= 15 is 0 Å². The zero-order valence-electron chi connectivity index (χ0n) is 20.4. The summed E-state index contributed by atoms with van der Waals surface area (Å²) in [4.78, 5) is 51.8. The highest BCUT2D eigenvalue weighted by Crippen LogP contribution is 2.35. The summed E-state index contributed by atoms with van der Waals surface area (Å²) in [6.07, 6.45) is 5.67. The van der Waals surface area contributed by atoms with E-state index in [1.54, 1.807) is 35.2 Å². The molecule has 1 aliphatic heterocycles. The number of carboxylic acids is 1. The molecule has 12 heteroatoms. The Morgan fingerprint density at radius 3 is 2.45 bits per heavy atom. The van der Waals surface area contributed by atoms with Crippen LogP contribution in [0, 0.1) is 5.92 Å². The molecule has 0 radical (unpaired) electrons. The van der Waals surface area contributed by atoms with Crippen molar-refractivity contribution in [1.29, 1.82) is 0 Å². The van der Waals surface area contributed by atoms with Gasteiger partial charge in [0.2, 0.25) is 11.8 Å². The summed E-state index contributed by atoms with van der Waals surface area (Å²) in [5.74, 6) is -2.89. The quantitative estimate of drug-likeness (QED) is 0.287. The lowest BCUT2D eigenvalue weighted by atomic mass is 9.95. The highest BCUT2D eigenvalue weighted by atomic mass is 35.5. The molecular formula is C26H26Cl3N3O5S. The van der Waals surface area contributed by atoms with Crippen LogP contribution in [0.15, 0.2) is 47.4 Å². The van der Waals surface area contributed by atoms with Crippen molar-refractivity contribution in [1.82, 2.24) is 15.5 Å². The molecule has 0 aliphatic carbocycles. The van der Waals surface area contributed by atoms with E-state index in [1.165, 1.54) is 23.9 Å². The van der Waals surface area contributed by atoms with E-state index in [1.807, 2.05) is 12.3 Å². The molecule has 1 unspecified atom stereocenters. The van der Waals surface area contributed by atoms with Crippen LogP contribution in [0.1, 0.15) is 28.8 Å². The molecule has 3 rings (SSSR count). The van der Waals surface area contributed by atoms with Crippen LogP contribution in [0.3, 0.4) is 0 Å². The summed E-state index contributed by atoms with van der Waals surface area (Å²) in [6, 6.07) is 8.54. The lowest BCUT2D eigenvalue weighted by Gasteiger charge is -2.31. The smallest absolute Gasteiger partial charge is 0.328 e. The van der Waals surface area contributed by atoms with Gasteiger partial charge in [0.1, 0.15) is 6.04 Å². The third kappa shape index (κ3) is 7.89. The van der Waals surface area contributed by atoms with E-state index in [4.69, 9.17) is 34.8 Å². The number of carboxylic acid groups (broad SMARTS) is 1. The van der Waals surface area contributed by atoms with Crippen LogP contribution in [0.4, 0.5) is 0 Å². The van der Waals surface area contributed by atoms with Crippen molar-refractivity contribution in [3.8, 4) is 0 Å². The number of thioether (sulfide) groups is 1. The summed E-state index contributed by atoms with van der Waals surface area (Å²) in [5.41, 5.74) is 0.903. The molecule has 202 valence electrons. The number of nitrogens with one attached hydrogen (secondary N) is 2. The number of piperidine rings is 1. The maximum absolute atomic E-state index is 12.7. The molecule has 0 saturated carbocycles. The van der Waals surface area contributed by atoms with E-state index in [9.17, 15) is 24.3 Å². The monoisotopic (exact) mass is 597 g/mol. The van der Waals surface area contributed by atoms with Crippen LogP contribution < -0.4 is 10.6 Å². The summed E-state index contributed by atoms with van der Waals surface area (Å²) in [7, 11) is 0. The third-order valence-electron chi connectivity index (χ3n) is 6.05. The van der Waals surface area contributed by atoms with Gasteiger partial charge in [-0.1, -0.05) is 46.9 Å². The number of amides is 3. The molecule has 1 saturated heterocycles. The molecule has 3 amide bonds.